The molecular weight excluding hydrogens is 399 g/mol. The first kappa shape index (κ1) is 20.2. The van der Waals surface area contributed by atoms with Gasteiger partial charge in [0.2, 0.25) is 11.8 Å². The van der Waals surface area contributed by atoms with Crippen molar-refractivity contribution in [1.82, 2.24) is 9.88 Å². The number of rotatable bonds is 4. The van der Waals surface area contributed by atoms with Gasteiger partial charge in [-0.2, -0.15) is 0 Å². The Bertz CT molecular complexity index is 1040. The zero-order valence-corrected chi connectivity index (χ0v) is 19.1. The van der Waals surface area contributed by atoms with Crippen molar-refractivity contribution in [3.05, 3.63) is 23.2 Å². The van der Waals surface area contributed by atoms with Crippen molar-refractivity contribution in [3.8, 4) is 0 Å². The first-order valence-electron chi connectivity index (χ1n) is 10.5. The Morgan fingerprint density at radius 2 is 1.67 bits per heavy atom. The topological polar surface area (TPSA) is 68.7 Å². The van der Waals surface area contributed by atoms with E-state index in [0.29, 0.717) is 13.0 Å². The minimum atomic E-state index is -0.442. The lowest BCUT2D eigenvalue weighted by Gasteiger charge is -2.32. The molecular formula is C22H27BN2O4S. The van der Waals surface area contributed by atoms with Crippen LogP contribution >= 0.6 is 11.3 Å². The van der Waals surface area contributed by atoms with E-state index in [-0.39, 0.29) is 29.1 Å². The summed E-state index contributed by atoms with van der Waals surface area (Å²) in [5, 5.41) is 0. The summed E-state index contributed by atoms with van der Waals surface area (Å²) in [6, 6.07) is 4.00. The lowest BCUT2D eigenvalue weighted by molar-refractivity contribution is -0.142. The molecule has 1 saturated carbocycles. The fourth-order valence-electron chi connectivity index (χ4n) is 4.73. The highest BCUT2D eigenvalue weighted by atomic mass is 32.1. The fraction of sp³-hybridized carbons (Fsp3) is 0.591. The highest BCUT2D eigenvalue weighted by molar-refractivity contribution is 7.20. The average Bonchev–Trinajstić information content (AvgIpc) is 2.90. The summed E-state index contributed by atoms with van der Waals surface area (Å²) in [6.07, 6.45) is 2.42. The normalized spacial score (nSPS) is 28.5. The largest absolute Gasteiger partial charge is 0.496 e. The van der Waals surface area contributed by atoms with Crippen LogP contribution < -0.4 is 5.46 Å². The molecule has 3 aliphatic rings. The van der Waals surface area contributed by atoms with Gasteiger partial charge in [0.1, 0.15) is 0 Å². The number of piperidine rings is 1. The highest BCUT2D eigenvalue weighted by Crippen LogP contribution is 2.63. The standard InChI is InChI=1S/C22H27BN2O4S/c1-20(2)15-16(20)19(27)25(18(15)26)10-8-12-11-14-17(30-12)13(7-9-24-14)23-28-21(3,4)22(5,6)29-23/h7,9,11,15-16H,8,10H2,1-6H3/t15-,16-/m1/s1. The molecule has 0 N–H and O–H groups in total. The molecule has 0 aromatic carbocycles. The van der Waals surface area contributed by atoms with E-state index < -0.39 is 18.3 Å². The van der Waals surface area contributed by atoms with Crippen LogP contribution in [0.4, 0.5) is 0 Å². The molecule has 0 bridgehead atoms. The molecule has 3 fully saturated rings. The number of carbonyl (C=O) groups excluding carboxylic acids is 2. The van der Waals surface area contributed by atoms with E-state index in [1.54, 1.807) is 17.5 Å². The van der Waals surface area contributed by atoms with E-state index >= 15 is 0 Å². The molecule has 1 aliphatic carbocycles. The number of hydrogen-bond donors (Lipinski definition) is 0. The molecule has 2 aromatic rings. The molecule has 6 nitrogen and oxygen atoms in total. The summed E-state index contributed by atoms with van der Waals surface area (Å²) in [7, 11) is -0.442. The first-order chi connectivity index (χ1) is 13.9. The van der Waals surface area contributed by atoms with Gasteiger partial charge in [-0.05, 0) is 45.2 Å². The van der Waals surface area contributed by atoms with Gasteiger partial charge in [0, 0.05) is 29.5 Å². The molecule has 2 atom stereocenters. The lowest BCUT2D eigenvalue weighted by atomic mass is 9.79. The number of amides is 2. The Labute approximate surface area is 181 Å². The molecule has 8 heteroatoms. The third-order valence-electron chi connectivity index (χ3n) is 7.47. The van der Waals surface area contributed by atoms with Gasteiger partial charge in [-0.15, -0.1) is 11.3 Å². The number of nitrogens with zero attached hydrogens (tertiary/aromatic N) is 2. The summed E-state index contributed by atoms with van der Waals surface area (Å²) in [5.74, 6) is -0.257. The van der Waals surface area contributed by atoms with E-state index in [1.807, 2.05) is 53.7 Å². The molecule has 2 aromatic heterocycles. The van der Waals surface area contributed by atoms with Gasteiger partial charge in [0.15, 0.2) is 0 Å². The predicted molar refractivity (Wildman–Crippen MR) is 117 cm³/mol. The molecule has 5 rings (SSSR count). The third-order valence-corrected chi connectivity index (χ3v) is 8.71. The van der Waals surface area contributed by atoms with E-state index in [0.717, 1.165) is 20.6 Å². The van der Waals surface area contributed by atoms with Crippen LogP contribution in [0.15, 0.2) is 18.3 Å². The fourth-order valence-corrected chi connectivity index (χ4v) is 5.86. The molecule has 30 heavy (non-hydrogen) atoms. The van der Waals surface area contributed by atoms with Crippen LogP contribution in [0.25, 0.3) is 10.2 Å². The maximum atomic E-state index is 12.6. The van der Waals surface area contributed by atoms with Crippen LogP contribution in [-0.2, 0) is 25.3 Å². The smallest absolute Gasteiger partial charge is 0.399 e. The number of aromatic nitrogens is 1. The van der Waals surface area contributed by atoms with Crippen molar-refractivity contribution >= 4 is 45.9 Å². The van der Waals surface area contributed by atoms with E-state index in [2.05, 4.69) is 4.98 Å². The van der Waals surface area contributed by atoms with E-state index in [1.165, 1.54) is 4.90 Å². The van der Waals surface area contributed by atoms with Crippen molar-refractivity contribution in [2.24, 2.45) is 17.3 Å². The number of carbonyl (C=O) groups is 2. The zero-order valence-electron chi connectivity index (χ0n) is 18.3. The maximum Gasteiger partial charge on any atom is 0.496 e. The highest BCUT2D eigenvalue weighted by Gasteiger charge is 2.72. The minimum absolute atomic E-state index is 0.00727. The summed E-state index contributed by atoms with van der Waals surface area (Å²) < 4.78 is 13.5. The van der Waals surface area contributed by atoms with Crippen molar-refractivity contribution in [2.45, 2.75) is 59.2 Å². The van der Waals surface area contributed by atoms with Crippen LogP contribution in [-0.4, -0.2) is 46.6 Å². The number of fused-ring (bicyclic) bond motifs is 2. The molecule has 158 valence electrons. The summed E-state index contributed by atoms with van der Waals surface area (Å²) in [5.41, 5.74) is 0.900. The van der Waals surface area contributed by atoms with Gasteiger partial charge in [0.05, 0.1) is 33.3 Å². The molecule has 2 amide bonds. The van der Waals surface area contributed by atoms with Gasteiger partial charge in [0.25, 0.3) is 0 Å². The van der Waals surface area contributed by atoms with Gasteiger partial charge < -0.3 is 9.31 Å². The second-order valence-electron chi connectivity index (χ2n) is 10.3. The summed E-state index contributed by atoms with van der Waals surface area (Å²) in [4.78, 5) is 32.2. The van der Waals surface area contributed by atoms with Crippen molar-refractivity contribution in [3.63, 3.8) is 0 Å². The van der Waals surface area contributed by atoms with Crippen LogP contribution in [0, 0.1) is 17.3 Å². The number of likely N-dealkylation sites (tertiary alicyclic amines) is 1. The van der Waals surface area contributed by atoms with Gasteiger partial charge >= 0.3 is 7.12 Å². The molecule has 0 radical (unpaired) electrons. The second kappa shape index (κ2) is 6.14. The monoisotopic (exact) mass is 426 g/mol. The van der Waals surface area contributed by atoms with Gasteiger partial charge in [-0.1, -0.05) is 13.8 Å². The number of hydrogen-bond acceptors (Lipinski definition) is 6. The molecule has 2 aliphatic heterocycles. The minimum Gasteiger partial charge on any atom is -0.399 e. The number of pyridine rings is 1. The summed E-state index contributed by atoms with van der Waals surface area (Å²) in [6.45, 7) is 12.6. The Hall–Kier alpha value is -1.77. The maximum absolute atomic E-state index is 12.6. The van der Waals surface area contributed by atoms with Crippen LogP contribution in [0.2, 0.25) is 0 Å². The van der Waals surface area contributed by atoms with E-state index in [4.69, 9.17) is 9.31 Å². The molecule has 4 heterocycles. The van der Waals surface area contributed by atoms with Gasteiger partial charge in [-0.25, -0.2) is 0 Å². The quantitative estimate of drug-likeness (QED) is 0.556. The second-order valence-corrected chi connectivity index (χ2v) is 11.4. The van der Waals surface area contributed by atoms with Crippen molar-refractivity contribution in [2.75, 3.05) is 6.54 Å². The van der Waals surface area contributed by atoms with Crippen LogP contribution in [0.1, 0.15) is 46.4 Å². The van der Waals surface area contributed by atoms with Crippen LogP contribution in [0.5, 0.6) is 0 Å². The average molecular weight is 426 g/mol. The number of imide groups is 1. The Morgan fingerprint density at radius 1 is 1.07 bits per heavy atom. The van der Waals surface area contributed by atoms with Crippen LogP contribution in [0.3, 0.4) is 0 Å². The summed E-state index contributed by atoms with van der Waals surface area (Å²) >= 11 is 1.64. The third kappa shape index (κ3) is 2.73. The van der Waals surface area contributed by atoms with Crippen molar-refractivity contribution < 1.29 is 18.9 Å². The Kier molecular flexibility index (Phi) is 4.13. The van der Waals surface area contributed by atoms with Gasteiger partial charge in [-0.3, -0.25) is 19.5 Å². The molecule has 0 unspecified atom stereocenters. The number of thiophene rings is 1. The Balaban J connectivity index is 1.35. The SMILES string of the molecule is CC1(C)[C@H]2C(=O)N(CCc3cc4nccc(B5OC(C)(C)C(C)(C)O5)c4s3)C(=O)[C@@H]21. The molecule has 0 spiro atoms. The Morgan fingerprint density at radius 3 is 2.27 bits per heavy atom. The lowest BCUT2D eigenvalue weighted by Crippen LogP contribution is -2.41. The van der Waals surface area contributed by atoms with E-state index in [9.17, 15) is 9.59 Å². The zero-order chi connectivity index (χ0) is 21.6. The predicted octanol–water partition coefficient (Wildman–Crippen LogP) is 2.78. The first-order valence-corrected chi connectivity index (χ1v) is 11.3. The molecule has 2 saturated heterocycles. The van der Waals surface area contributed by atoms with Crippen molar-refractivity contribution in [1.29, 1.82) is 0 Å².